The van der Waals surface area contributed by atoms with Gasteiger partial charge in [0, 0.05) is 27.3 Å². The van der Waals surface area contributed by atoms with Crippen LogP contribution in [0.5, 0.6) is 5.75 Å². The summed E-state index contributed by atoms with van der Waals surface area (Å²) in [6, 6.07) is 11.6. The average Bonchev–Trinajstić information content (AvgIpc) is 2.48. The summed E-state index contributed by atoms with van der Waals surface area (Å²) in [6.45, 7) is 4.07. The first-order valence-corrected chi connectivity index (χ1v) is 8.63. The number of halogens is 2. The summed E-state index contributed by atoms with van der Waals surface area (Å²) >= 11 is 6.73. The van der Waals surface area contributed by atoms with Gasteiger partial charge in [-0.1, -0.05) is 22.0 Å². The highest BCUT2D eigenvalue weighted by molar-refractivity contribution is 9.11. The number of hydrogen-bond acceptors (Lipinski definition) is 3. The van der Waals surface area contributed by atoms with Crippen molar-refractivity contribution in [3.8, 4) is 5.75 Å². The Balaban J connectivity index is 2.02. The van der Waals surface area contributed by atoms with Gasteiger partial charge in [-0.3, -0.25) is 9.98 Å². The molecule has 0 unspecified atom stereocenters. The topological polar surface area (TPSA) is 45.5 Å². The highest BCUT2D eigenvalue weighted by Gasteiger charge is 2.06. The van der Waals surface area contributed by atoms with Gasteiger partial charge in [-0.2, -0.15) is 0 Å². The first-order chi connectivity index (χ1) is 10.9. The molecule has 0 atom stereocenters. The number of phenols is 1. The van der Waals surface area contributed by atoms with Crippen LogP contribution in [0.15, 0.2) is 50.3 Å². The lowest BCUT2D eigenvalue weighted by Crippen LogP contribution is -1.87. The highest BCUT2D eigenvalue weighted by atomic mass is 79.9. The van der Waals surface area contributed by atoms with Gasteiger partial charge in [0.15, 0.2) is 0 Å². The second-order valence-corrected chi connectivity index (χ2v) is 7.14. The van der Waals surface area contributed by atoms with Gasteiger partial charge in [-0.05, 0) is 65.7 Å². The number of aromatic hydroxyl groups is 1. The number of pyridine rings is 1. The van der Waals surface area contributed by atoms with E-state index in [9.17, 15) is 5.11 Å². The quantitative estimate of drug-likeness (QED) is 0.516. The first-order valence-electron chi connectivity index (χ1n) is 7.04. The second kappa shape index (κ2) is 6.42. The Morgan fingerprint density at radius 1 is 1.09 bits per heavy atom. The summed E-state index contributed by atoms with van der Waals surface area (Å²) in [5.74, 6) is 0.169. The van der Waals surface area contributed by atoms with Crippen LogP contribution in [0.3, 0.4) is 0 Å². The minimum atomic E-state index is 0.169. The number of rotatable bonds is 2. The standard InChI is InChI=1S/C18H14Br2N2O/c1-10-5-11(2)22-17-8-14(3-4-15(10)17)21-9-12-6-13(19)7-16(20)18(12)23/h3-9,23H,1-2H3. The fourth-order valence-corrected chi connectivity index (χ4v) is 3.73. The molecule has 0 amide bonds. The van der Waals surface area contributed by atoms with E-state index in [1.807, 2.05) is 31.2 Å². The number of aromatic nitrogens is 1. The van der Waals surface area contributed by atoms with Crippen molar-refractivity contribution in [2.75, 3.05) is 0 Å². The van der Waals surface area contributed by atoms with Crippen molar-refractivity contribution in [2.45, 2.75) is 13.8 Å². The fraction of sp³-hybridized carbons (Fsp3) is 0.111. The summed E-state index contributed by atoms with van der Waals surface area (Å²) in [6.07, 6.45) is 1.65. The third kappa shape index (κ3) is 3.46. The van der Waals surface area contributed by atoms with Crippen molar-refractivity contribution in [3.63, 3.8) is 0 Å². The van der Waals surface area contributed by atoms with Crippen LogP contribution >= 0.6 is 31.9 Å². The minimum absolute atomic E-state index is 0.169. The molecule has 5 heteroatoms. The van der Waals surface area contributed by atoms with E-state index < -0.39 is 0 Å². The van der Waals surface area contributed by atoms with Crippen molar-refractivity contribution < 1.29 is 5.11 Å². The van der Waals surface area contributed by atoms with Gasteiger partial charge in [0.25, 0.3) is 0 Å². The Kier molecular flexibility index (Phi) is 4.50. The smallest absolute Gasteiger partial charge is 0.138 e. The molecule has 0 fully saturated rings. The van der Waals surface area contributed by atoms with Crippen LogP contribution in [0.2, 0.25) is 0 Å². The molecule has 0 aliphatic carbocycles. The molecule has 23 heavy (non-hydrogen) atoms. The zero-order chi connectivity index (χ0) is 16.6. The Labute approximate surface area is 151 Å². The van der Waals surface area contributed by atoms with Gasteiger partial charge >= 0.3 is 0 Å². The van der Waals surface area contributed by atoms with Crippen LogP contribution in [-0.4, -0.2) is 16.3 Å². The largest absolute Gasteiger partial charge is 0.506 e. The normalized spacial score (nSPS) is 11.5. The van der Waals surface area contributed by atoms with Crippen molar-refractivity contribution >= 4 is 54.7 Å². The van der Waals surface area contributed by atoms with Crippen LogP contribution in [0.4, 0.5) is 5.69 Å². The predicted octanol–water partition coefficient (Wildman–Crippen LogP) is 5.83. The van der Waals surface area contributed by atoms with E-state index >= 15 is 0 Å². The number of aliphatic imine (C=N–C) groups is 1. The summed E-state index contributed by atoms with van der Waals surface area (Å²) in [5.41, 5.74) is 4.56. The molecule has 0 bridgehead atoms. The third-order valence-corrected chi connectivity index (χ3v) is 4.60. The van der Waals surface area contributed by atoms with Gasteiger partial charge < -0.3 is 5.11 Å². The van der Waals surface area contributed by atoms with Gasteiger partial charge in [0.1, 0.15) is 5.75 Å². The molecule has 1 heterocycles. The van der Waals surface area contributed by atoms with Crippen LogP contribution in [0, 0.1) is 13.8 Å². The van der Waals surface area contributed by atoms with E-state index in [4.69, 9.17) is 0 Å². The van der Waals surface area contributed by atoms with Gasteiger partial charge in [0.2, 0.25) is 0 Å². The monoisotopic (exact) mass is 432 g/mol. The van der Waals surface area contributed by atoms with Crippen molar-refractivity contribution in [1.29, 1.82) is 0 Å². The van der Waals surface area contributed by atoms with Gasteiger partial charge in [-0.15, -0.1) is 0 Å². The van der Waals surface area contributed by atoms with E-state index in [0.29, 0.717) is 10.0 Å². The number of fused-ring (bicyclic) bond motifs is 1. The van der Waals surface area contributed by atoms with Gasteiger partial charge in [-0.25, -0.2) is 0 Å². The number of phenolic OH excluding ortho intramolecular Hbond substituents is 1. The molecule has 0 spiro atoms. The number of benzene rings is 2. The molecule has 0 aliphatic heterocycles. The lowest BCUT2D eigenvalue weighted by atomic mass is 10.1. The van der Waals surface area contributed by atoms with Crippen LogP contribution in [0.1, 0.15) is 16.8 Å². The molecular weight excluding hydrogens is 420 g/mol. The zero-order valence-electron chi connectivity index (χ0n) is 12.6. The Morgan fingerprint density at radius 3 is 2.65 bits per heavy atom. The number of aryl methyl sites for hydroxylation is 2. The average molecular weight is 434 g/mol. The summed E-state index contributed by atoms with van der Waals surface area (Å²) in [7, 11) is 0. The van der Waals surface area contributed by atoms with E-state index in [1.54, 1.807) is 12.3 Å². The molecule has 2 aromatic carbocycles. The highest BCUT2D eigenvalue weighted by Crippen LogP contribution is 2.31. The molecule has 0 saturated carbocycles. The van der Waals surface area contributed by atoms with Crippen molar-refractivity contribution in [2.24, 2.45) is 4.99 Å². The molecule has 1 N–H and O–H groups in total. The fourth-order valence-electron chi connectivity index (χ4n) is 2.47. The molecular formula is C18H14Br2N2O. The maximum Gasteiger partial charge on any atom is 0.138 e. The lowest BCUT2D eigenvalue weighted by Gasteiger charge is -2.05. The molecule has 3 rings (SSSR count). The first kappa shape index (κ1) is 16.1. The number of nitrogens with zero attached hydrogens (tertiary/aromatic N) is 2. The van der Waals surface area contributed by atoms with Crippen LogP contribution in [-0.2, 0) is 0 Å². The maximum absolute atomic E-state index is 10.1. The zero-order valence-corrected chi connectivity index (χ0v) is 15.8. The molecule has 0 aliphatic rings. The second-order valence-electron chi connectivity index (χ2n) is 5.37. The number of hydrogen-bond donors (Lipinski definition) is 1. The van der Waals surface area contributed by atoms with E-state index in [2.05, 4.69) is 54.8 Å². The van der Waals surface area contributed by atoms with E-state index in [-0.39, 0.29) is 5.75 Å². The Hall–Kier alpha value is -1.72. The van der Waals surface area contributed by atoms with Crippen LogP contribution < -0.4 is 0 Å². The summed E-state index contributed by atoms with van der Waals surface area (Å²) in [4.78, 5) is 9.02. The Bertz CT molecular complexity index is 936. The van der Waals surface area contributed by atoms with Gasteiger partial charge in [0.05, 0.1) is 15.7 Å². The van der Waals surface area contributed by atoms with Crippen molar-refractivity contribution in [1.82, 2.24) is 4.98 Å². The Morgan fingerprint density at radius 2 is 1.87 bits per heavy atom. The molecule has 1 aromatic heterocycles. The molecule has 0 saturated heterocycles. The lowest BCUT2D eigenvalue weighted by molar-refractivity contribution is 0.471. The minimum Gasteiger partial charge on any atom is -0.506 e. The van der Waals surface area contributed by atoms with E-state index in [1.165, 1.54) is 5.56 Å². The molecule has 3 nitrogen and oxygen atoms in total. The van der Waals surface area contributed by atoms with Crippen LogP contribution in [0.25, 0.3) is 10.9 Å². The molecule has 116 valence electrons. The third-order valence-electron chi connectivity index (χ3n) is 3.54. The summed E-state index contributed by atoms with van der Waals surface area (Å²) < 4.78 is 1.50. The van der Waals surface area contributed by atoms with Crippen molar-refractivity contribution in [3.05, 3.63) is 62.2 Å². The predicted molar refractivity (Wildman–Crippen MR) is 102 cm³/mol. The molecule has 0 radical (unpaired) electrons. The molecule has 3 aromatic rings. The summed E-state index contributed by atoms with van der Waals surface area (Å²) in [5, 5.41) is 11.2. The SMILES string of the molecule is Cc1cc(C)c2ccc(N=Cc3cc(Br)cc(Br)c3O)cc2n1. The van der Waals surface area contributed by atoms with E-state index in [0.717, 1.165) is 26.8 Å². The maximum atomic E-state index is 10.1.